The van der Waals surface area contributed by atoms with Gasteiger partial charge in [-0.25, -0.2) is 0 Å². The zero-order chi connectivity index (χ0) is 13.1. The third-order valence-electron chi connectivity index (χ3n) is 3.10. The molecule has 0 atom stereocenters. The molecule has 0 unspecified atom stereocenters. The average Bonchev–Trinajstić information content (AvgIpc) is 2.37. The second kappa shape index (κ2) is 4.93. The fraction of sp³-hybridized carbons (Fsp3) is 0.188. The minimum absolute atomic E-state index is 0.566. The Balaban J connectivity index is 2.47. The van der Waals surface area contributed by atoms with Gasteiger partial charge in [-0.05, 0) is 49.6 Å². The average molecular weight is 237 g/mol. The van der Waals surface area contributed by atoms with Crippen LogP contribution in [0.25, 0.3) is 0 Å². The molecular weight excluding hydrogens is 222 g/mol. The lowest BCUT2D eigenvalue weighted by Gasteiger charge is -2.13. The van der Waals surface area contributed by atoms with Crippen LogP contribution in [0.5, 0.6) is 11.5 Å². The molecule has 2 nitrogen and oxygen atoms in total. The van der Waals surface area contributed by atoms with Crippen LogP contribution in [0, 0.1) is 32.1 Å². The molecule has 0 aliphatic carbocycles. The maximum atomic E-state index is 9.11. The molecular formula is C16H15NO. The van der Waals surface area contributed by atoms with Gasteiger partial charge in [-0.15, -0.1) is 0 Å². The summed E-state index contributed by atoms with van der Waals surface area (Å²) >= 11 is 0. The van der Waals surface area contributed by atoms with Gasteiger partial charge in [0.25, 0.3) is 0 Å². The second-order valence-electron chi connectivity index (χ2n) is 4.36. The van der Waals surface area contributed by atoms with Gasteiger partial charge in [0.15, 0.2) is 0 Å². The van der Waals surface area contributed by atoms with E-state index in [-0.39, 0.29) is 0 Å². The van der Waals surface area contributed by atoms with E-state index in [0.29, 0.717) is 11.3 Å². The molecule has 0 saturated heterocycles. The van der Waals surface area contributed by atoms with Crippen LogP contribution in [0.15, 0.2) is 36.4 Å². The van der Waals surface area contributed by atoms with Gasteiger partial charge in [-0.1, -0.05) is 24.3 Å². The van der Waals surface area contributed by atoms with Crippen LogP contribution in [0.4, 0.5) is 0 Å². The van der Waals surface area contributed by atoms with Crippen LogP contribution in [-0.2, 0) is 0 Å². The molecule has 2 rings (SSSR count). The van der Waals surface area contributed by atoms with Crippen molar-refractivity contribution in [1.82, 2.24) is 0 Å². The molecule has 0 spiro atoms. The normalized spacial score (nSPS) is 9.89. The summed E-state index contributed by atoms with van der Waals surface area (Å²) in [5, 5.41) is 9.11. The first-order valence-electron chi connectivity index (χ1n) is 5.87. The molecule has 0 N–H and O–H groups in total. The Hall–Kier alpha value is -2.27. The molecule has 2 aromatic carbocycles. The zero-order valence-electron chi connectivity index (χ0n) is 10.8. The number of aryl methyl sites for hydroxylation is 2. The van der Waals surface area contributed by atoms with Gasteiger partial charge in [-0.3, -0.25) is 0 Å². The van der Waals surface area contributed by atoms with Crippen LogP contribution < -0.4 is 4.74 Å². The Morgan fingerprint density at radius 2 is 1.61 bits per heavy atom. The summed E-state index contributed by atoms with van der Waals surface area (Å²) < 4.78 is 5.92. The van der Waals surface area contributed by atoms with E-state index >= 15 is 0 Å². The number of hydrogen-bond donors (Lipinski definition) is 0. The third-order valence-corrected chi connectivity index (χ3v) is 3.10. The highest BCUT2D eigenvalue weighted by Gasteiger charge is 2.09. The van der Waals surface area contributed by atoms with Crippen LogP contribution in [0.1, 0.15) is 22.3 Å². The van der Waals surface area contributed by atoms with Crippen molar-refractivity contribution in [3.05, 3.63) is 58.7 Å². The minimum Gasteiger partial charge on any atom is -0.455 e. The summed E-state index contributed by atoms with van der Waals surface area (Å²) in [6.07, 6.45) is 0. The van der Waals surface area contributed by atoms with Crippen LogP contribution in [0.2, 0.25) is 0 Å². The Kier molecular flexibility index (Phi) is 3.34. The number of nitrogens with zero attached hydrogens (tertiary/aromatic N) is 1. The summed E-state index contributed by atoms with van der Waals surface area (Å²) in [7, 11) is 0. The number of para-hydroxylation sites is 1. The smallest absolute Gasteiger partial charge is 0.148 e. The Labute approximate surface area is 107 Å². The largest absolute Gasteiger partial charge is 0.455 e. The lowest BCUT2D eigenvalue weighted by molar-refractivity contribution is 0.473. The van der Waals surface area contributed by atoms with Gasteiger partial charge >= 0.3 is 0 Å². The van der Waals surface area contributed by atoms with E-state index in [9.17, 15) is 0 Å². The first kappa shape index (κ1) is 12.2. The lowest BCUT2D eigenvalue weighted by atomic mass is 10.1. The van der Waals surface area contributed by atoms with Crippen molar-refractivity contribution in [2.24, 2.45) is 0 Å². The number of nitriles is 1. The van der Waals surface area contributed by atoms with Crippen LogP contribution in [-0.4, -0.2) is 0 Å². The maximum absolute atomic E-state index is 9.11. The third kappa shape index (κ3) is 2.21. The molecule has 2 heteroatoms. The molecule has 0 aliphatic rings. The van der Waals surface area contributed by atoms with E-state index in [4.69, 9.17) is 10.00 Å². The Morgan fingerprint density at radius 1 is 0.944 bits per heavy atom. The van der Waals surface area contributed by atoms with Gasteiger partial charge in [0, 0.05) is 0 Å². The van der Waals surface area contributed by atoms with Gasteiger partial charge in [0.2, 0.25) is 0 Å². The number of rotatable bonds is 2. The molecule has 0 radical (unpaired) electrons. The number of benzene rings is 2. The lowest BCUT2D eigenvalue weighted by Crippen LogP contribution is -1.94. The van der Waals surface area contributed by atoms with E-state index < -0.39 is 0 Å². The van der Waals surface area contributed by atoms with Gasteiger partial charge < -0.3 is 4.74 Å². The molecule has 0 fully saturated rings. The number of ether oxygens (including phenoxy) is 1. The van der Waals surface area contributed by atoms with Crippen molar-refractivity contribution in [2.75, 3.05) is 0 Å². The topological polar surface area (TPSA) is 33.0 Å². The van der Waals surface area contributed by atoms with Crippen molar-refractivity contribution in [1.29, 1.82) is 5.26 Å². The highest BCUT2D eigenvalue weighted by Crippen LogP contribution is 2.31. The van der Waals surface area contributed by atoms with E-state index in [1.54, 1.807) is 6.07 Å². The molecule has 0 amide bonds. The summed E-state index contributed by atoms with van der Waals surface area (Å²) in [6.45, 7) is 6.02. The Morgan fingerprint density at radius 3 is 2.33 bits per heavy atom. The molecule has 18 heavy (non-hydrogen) atoms. The molecule has 0 heterocycles. The van der Waals surface area contributed by atoms with Crippen molar-refractivity contribution in [2.45, 2.75) is 20.8 Å². The summed E-state index contributed by atoms with van der Waals surface area (Å²) in [5.74, 6) is 1.45. The quantitative estimate of drug-likeness (QED) is 0.781. The monoisotopic (exact) mass is 237 g/mol. The summed E-state index contributed by atoms with van der Waals surface area (Å²) in [5.41, 5.74) is 3.81. The predicted octanol–water partition coefficient (Wildman–Crippen LogP) is 4.28. The molecule has 0 aromatic heterocycles. The molecule has 0 aliphatic heterocycles. The van der Waals surface area contributed by atoms with Crippen molar-refractivity contribution in [3.8, 4) is 17.6 Å². The summed E-state index contributed by atoms with van der Waals surface area (Å²) in [4.78, 5) is 0. The fourth-order valence-electron chi connectivity index (χ4n) is 1.82. The van der Waals surface area contributed by atoms with E-state index in [1.165, 1.54) is 5.56 Å². The first-order chi connectivity index (χ1) is 8.63. The fourth-order valence-corrected chi connectivity index (χ4v) is 1.82. The van der Waals surface area contributed by atoms with Gasteiger partial charge in [0.05, 0.1) is 5.56 Å². The predicted molar refractivity (Wildman–Crippen MR) is 71.9 cm³/mol. The van der Waals surface area contributed by atoms with Gasteiger partial charge in [-0.2, -0.15) is 5.26 Å². The van der Waals surface area contributed by atoms with Crippen LogP contribution in [0.3, 0.4) is 0 Å². The summed E-state index contributed by atoms with van der Waals surface area (Å²) in [6, 6.07) is 13.7. The van der Waals surface area contributed by atoms with E-state index in [2.05, 4.69) is 6.07 Å². The van der Waals surface area contributed by atoms with Crippen molar-refractivity contribution in [3.63, 3.8) is 0 Å². The van der Waals surface area contributed by atoms with Crippen molar-refractivity contribution >= 4 is 0 Å². The highest BCUT2D eigenvalue weighted by atomic mass is 16.5. The van der Waals surface area contributed by atoms with E-state index in [1.807, 2.05) is 51.1 Å². The second-order valence-corrected chi connectivity index (χ2v) is 4.36. The Bertz CT molecular complexity index is 623. The van der Waals surface area contributed by atoms with Crippen LogP contribution >= 0.6 is 0 Å². The molecule has 0 bridgehead atoms. The maximum Gasteiger partial charge on any atom is 0.148 e. The minimum atomic E-state index is 0.566. The molecule has 90 valence electrons. The van der Waals surface area contributed by atoms with E-state index in [0.717, 1.165) is 16.9 Å². The number of hydrogen-bond acceptors (Lipinski definition) is 2. The van der Waals surface area contributed by atoms with Gasteiger partial charge in [0.1, 0.15) is 17.6 Å². The molecule has 2 aromatic rings. The van der Waals surface area contributed by atoms with Crippen molar-refractivity contribution < 1.29 is 4.74 Å². The molecule has 0 saturated carbocycles. The zero-order valence-corrected chi connectivity index (χ0v) is 10.8. The first-order valence-corrected chi connectivity index (χ1v) is 5.87. The highest BCUT2D eigenvalue weighted by molar-refractivity contribution is 5.51. The standard InChI is InChI=1S/C16H15NO/c1-11-6-5-9-15(13(11)3)18-16-12(2)7-4-8-14(16)10-17/h4-9H,1-3H3. The SMILES string of the molecule is Cc1cccc(Oc2c(C)cccc2C#N)c1C.